The van der Waals surface area contributed by atoms with E-state index in [0.717, 1.165) is 53.3 Å². The van der Waals surface area contributed by atoms with Gasteiger partial charge in [0.1, 0.15) is 5.60 Å². The van der Waals surface area contributed by atoms with E-state index in [2.05, 4.69) is 19.1 Å². The molecule has 8 aliphatic rings. The van der Waals surface area contributed by atoms with Crippen molar-refractivity contribution in [2.75, 3.05) is 0 Å². The molecule has 0 spiro atoms. The summed E-state index contributed by atoms with van der Waals surface area (Å²) in [4.78, 5) is 13.2. The zero-order valence-electron chi connectivity index (χ0n) is 18.7. The van der Waals surface area contributed by atoms with Gasteiger partial charge in [0.15, 0.2) is 0 Å². The Kier molecular flexibility index (Phi) is 3.07. The van der Waals surface area contributed by atoms with E-state index < -0.39 is 0 Å². The lowest BCUT2D eigenvalue weighted by Crippen LogP contribution is -2.52. The first-order valence-electron chi connectivity index (χ1n) is 12.9. The number of carbonyl (C=O) groups excluding carboxylic acids is 1. The molecule has 162 valence electrons. The van der Waals surface area contributed by atoms with Gasteiger partial charge in [-0.25, -0.2) is 0 Å². The normalized spacial score (nSPS) is 64.8. The van der Waals surface area contributed by atoms with Crippen LogP contribution in [0.2, 0.25) is 0 Å². The van der Waals surface area contributed by atoms with E-state index >= 15 is 0 Å². The van der Waals surface area contributed by atoms with Crippen molar-refractivity contribution in [2.24, 2.45) is 82.9 Å². The Labute approximate surface area is 180 Å². The third-order valence-electron chi connectivity index (χ3n) is 11.7. The minimum atomic E-state index is -0.386. The van der Waals surface area contributed by atoms with Crippen LogP contribution in [0.25, 0.3) is 0 Å². The smallest absolute Gasteiger partial charge is 0.310 e. The highest BCUT2D eigenvalue weighted by atomic mass is 16.6. The van der Waals surface area contributed by atoms with Crippen LogP contribution in [0.1, 0.15) is 47.0 Å². The van der Waals surface area contributed by atoms with Crippen molar-refractivity contribution in [1.82, 2.24) is 0 Å². The lowest BCUT2D eigenvalue weighted by molar-refractivity contribution is -0.166. The number of hydrogen-bond donors (Lipinski definition) is 0. The van der Waals surface area contributed by atoms with Gasteiger partial charge in [-0.15, -0.1) is 0 Å². The first-order valence-corrected chi connectivity index (χ1v) is 12.9. The molecule has 16 atom stereocenters. The molecule has 16 unspecified atom stereocenters. The Balaban J connectivity index is 1.12. The molecule has 0 aromatic carbocycles. The maximum Gasteiger partial charge on any atom is 0.310 e. The Morgan fingerprint density at radius 1 is 0.800 bits per heavy atom. The highest BCUT2D eigenvalue weighted by Crippen LogP contribution is 2.78. The summed E-state index contributed by atoms with van der Waals surface area (Å²) in [6, 6.07) is 0. The second-order valence-electron chi connectivity index (χ2n) is 13.5. The van der Waals surface area contributed by atoms with E-state index in [0.29, 0.717) is 35.9 Å². The molecule has 0 radical (unpaired) electrons. The predicted octanol–water partition coefficient (Wildman–Crippen LogP) is 4.56. The van der Waals surface area contributed by atoms with Crippen molar-refractivity contribution in [1.29, 1.82) is 0 Å². The lowest BCUT2D eigenvalue weighted by Gasteiger charge is -2.49. The molecule has 0 N–H and O–H groups in total. The summed E-state index contributed by atoms with van der Waals surface area (Å²) in [5.41, 5.74) is -0.386. The molecule has 8 rings (SSSR count). The van der Waals surface area contributed by atoms with E-state index in [1.165, 1.54) is 19.3 Å². The second kappa shape index (κ2) is 5.21. The minimum Gasteiger partial charge on any atom is -0.460 e. The van der Waals surface area contributed by atoms with E-state index in [4.69, 9.17) is 9.47 Å². The number of rotatable bonds is 1. The summed E-state index contributed by atoms with van der Waals surface area (Å²) in [7, 11) is 0. The second-order valence-corrected chi connectivity index (χ2v) is 13.5. The van der Waals surface area contributed by atoms with Crippen LogP contribution in [0.4, 0.5) is 0 Å². The summed E-state index contributed by atoms with van der Waals surface area (Å²) in [5, 5.41) is 0. The molecule has 2 aliphatic heterocycles. The van der Waals surface area contributed by atoms with Crippen molar-refractivity contribution in [3.63, 3.8) is 0 Å². The van der Waals surface area contributed by atoms with E-state index in [1.54, 1.807) is 0 Å². The topological polar surface area (TPSA) is 35.5 Å². The largest absolute Gasteiger partial charge is 0.460 e. The molecule has 0 amide bonds. The molecular formula is C27H36O3. The van der Waals surface area contributed by atoms with E-state index in [1.807, 2.05) is 20.8 Å². The van der Waals surface area contributed by atoms with Gasteiger partial charge >= 0.3 is 5.97 Å². The summed E-state index contributed by atoms with van der Waals surface area (Å²) in [6.45, 7) is 8.36. The minimum absolute atomic E-state index is 0.0755. The first kappa shape index (κ1) is 17.7. The third-order valence-corrected chi connectivity index (χ3v) is 11.7. The van der Waals surface area contributed by atoms with Crippen LogP contribution >= 0.6 is 0 Å². The number of carbonyl (C=O) groups is 1. The van der Waals surface area contributed by atoms with Crippen LogP contribution in [0, 0.1) is 82.9 Å². The van der Waals surface area contributed by atoms with E-state index in [-0.39, 0.29) is 17.5 Å². The summed E-state index contributed by atoms with van der Waals surface area (Å²) in [6.07, 6.45) is 10.3. The van der Waals surface area contributed by atoms with Gasteiger partial charge in [0, 0.05) is 0 Å². The average Bonchev–Trinajstić information content (AvgIpc) is 3.50. The molecule has 8 bridgehead atoms. The molecular weight excluding hydrogens is 372 g/mol. The molecule has 6 aliphatic carbocycles. The quantitative estimate of drug-likeness (QED) is 0.362. The van der Waals surface area contributed by atoms with Crippen LogP contribution in [0.5, 0.6) is 0 Å². The number of allylic oxidation sites excluding steroid dienone is 2. The molecule has 0 aromatic rings. The number of hydrogen-bond acceptors (Lipinski definition) is 3. The summed E-state index contributed by atoms with van der Waals surface area (Å²) >= 11 is 0. The SMILES string of the molecule is CC1C2CC(C1C(=O)OC(C)(C)C)C1C3OC(C21)C1C2CC(C4C5C=CC(C5)C24)C31. The Bertz CT molecular complexity index is 855. The van der Waals surface area contributed by atoms with Crippen LogP contribution in [0.15, 0.2) is 12.2 Å². The van der Waals surface area contributed by atoms with Gasteiger partial charge in [0.25, 0.3) is 0 Å². The van der Waals surface area contributed by atoms with Gasteiger partial charge in [0.05, 0.1) is 18.1 Å². The van der Waals surface area contributed by atoms with Crippen molar-refractivity contribution in [3.05, 3.63) is 12.2 Å². The Morgan fingerprint density at radius 3 is 1.93 bits per heavy atom. The number of esters is 1. The predicted molar refractivity (Wildman–Crippen MR) is 112 cm³/mol. The fourth-order valence-electron chi connectivity index (χ4n) is 11.6. The van der Waals surface area contributed by atoms with Crippen molar-refractivity contribution in [3.8, 4) is 0 Å². The monoisotopic (exact) mass is 408 g/mol. The van der Waals surface area contributed by atoms with E-state index in [9.17, 15) is 4.79 Å². The van der Waals surface area contributed by atoms with Crippen LogP contribution in [0.3, 0.4) is 0 Å². The fraction of sp³-hybridized carbons (Fsp3) is 0.889. The van der Waals surface area contributed by atoms with Crippen molar-refractivity contribution < 1.29 is 14.3 Å². The zero-order valence-corrected chi connectivity index (χ0v) is 18.7. The van der Waals surface area contributed by atoms with Gasteiger partial charge in [-0.3, -0.25) is 4.79 Å². The van der Waals surface area contributed by atoms with Crippen LogP contribution in [-0.4, -0.2) is 23.8 Å². The van der Waals surface area contributed by atoms with Gasteiger partial charge in [0.2, 0.25) is 0 Å². The molecule has 0 aromatic heterocycles. The van der Waals surface area contributed by atoms with Gasteiger partial charge in [-0.05, 0) is 117 Å². The van der Waals surface area contributed by atoms with Crippen LogP contribution in [-0.2, 0) is 14.3 Å². The molecule has 7 fully saturated rings. The molecule has 30 heavy (non-hydrogen) atoms. The Morgan fingerprint density at radius 2 is 1.33 bits per heavy atom. The molecule has 3 nitrogen and oxygen atoms in total. The summed E-state index contributed by atoms with van der Waals surface area (Å²) < 4.78 is 12.8. The molecule has 2 heterocycles. The number of fused-ring (bicyclic) bond motifs is 23. The van der Waals surface area contributed by atoms with Crippen molar-refractivity contribution >= 4 is 5.97 Å². The fourth-order valence-corrected chi connectivity index (χ4v) is 11.6. The van der Waals surface area contributed by atoms with Crippen molar-refractivity contribution in [2.45, 2.75) is 64.8 Å². The highest BCUT2D eigenvalue weighted by Gasteiger charge is 2.78. The zero-order chi connectivity index (χ0) is 20.3. The molecule has 3 heteroatoms. The molecule has 2 saturated heterocycles. The standard InChI is InChI=1S/C27H36O3/c1-10-13-8-14(17(10)26(28)30-27(2,3)4)21-20(13)24-22-15-9-16(23(22)25(21)29-24)19-12-6-5-11(7-12)18(15)19/h5-6,10-25H,7-9H2,1-4H3. The first-order chi connectivity index (χ1) is 14.3. The Hall–Kier alpha value is -0.830. The average molecular weight is 409 g/mol. The highest BCUT2D eigenvalue weighted by molar-refractivity contribution is 5.74. The van der Waals surface area contributed by atoms with Gasteiger partial charge in [-0.1, -0.05) is 19.1 Å². The molecule has 5 saturated carbocycles. The number of ether oxygens (including phenoxy) is 2. The lowest BCUT2D eigenvalue weighted by atomic mass is 9.53. The van der Waals surface area contributed by atoms with Crippen LogP contribution < -0.4 is 0 Å². The summed E-state index contributed by atoms with van der Waals surface area (Å²) in [5.74, 6) is 10.4. The van der Waals surface area contributed by atoms with Gasteiger partial charge < -0.3 is 9.47 Å². The maximum absolute atomic E-state index is 13.2. The maximum atomic E-state index is 13.2. The third kappa shape index (κ3) is 1.82. The van der Waals surface area contributed by atoms with Gasteiger partial charge in [-0.2, -0.15) is 0 Å².